The fraction of sp³-hybridized carbons (Fsp3) is 0.212. The molecule has 0 radical (unpaired) electrons. The van der Waals surface area contributed by atoms with E-state index >= 15 is 0 Å². The quantitative estimate of drug-likeness (QED) is 0.245. The largest absolute Gasteiger partial charge is 0.383 e. The highest BCUT2D eigenvalue weighted by atomic mass is 19.1. The topological polar surface area (TPSA) is 126 Å². The molecule has 4 heterocycles. The first kappa shape index (κ1) is 29.9. The lowest BCUT2D eigenvalue weighted by Gasteiger charge is -2.22. The van der Waals surface area contributed by atoms with Crippen LogP contribution in [-0.2, 0) is 22.6 Å². The van der Waals surface area contributed by atoms with Crippen LogP contribution in [0.1, 0.15) is 10.4 Å². The summed E-state index contributed by atoms with van der Waals surface area (Å²) in [6, 6.07) is 14.2. The summed E-state index contributed by atoms with van der Waals surface area (Å²) < 4.78 is 41.1. The Morgan fingerprint density at radius 2 is 1.71 bits per heavy atom. The number of hydrogen-bond acceptors (Lipinski definition) is 7. The lowest BCUT2D eigenvalue weighted by molar-refractivity contribution is -0.0946. The van der Waals surface area contributed by atoms with Crippen molar-refractivity contribution >= 4 is 17.4 Å². The number of nitrogens with one attached hydrogen (secondary N) is 1. The Balaban J connectivity index is 1.20. The van der Waals surface area contributed by atoms with Crippen LogP contribution in [-0.4, -0.2) is 57.8 Å². The molecule has 0 bridgehead atoms. The third-order valence-electron chi connectivity index (χ3n) is 7.44. The van der Waals surface area contributed by atoms with Gasteiger partial charge in [-0.3, -0.25) is 14.3 Å². The number of benzene rings is 2. The van der Waals surface area contributed by atoms with Crippen molar-refractivity contribution in [2.75, 3.05) is 37.5 Å². The van der Waals surface area contributed by atoms with Crippen molar-refractivity contribution in [2.45, 2.75) is 19.2 Å². The zero-order valence-electron chi connectivity index (χ0n) is 24.2. The molecular weight excluding hydrogens is 582 g/mol. The number of nitrogens with two attached hydrogens (primary N) is 1. The van der Waals surface area contributed by atoms with Crippen LogP contribution in [0.25, 0.3) is 33.4 Å². The molecule has 45 heavy (non-hydrogen) atoms. The molecule has 1 aliphatic rings. The highest BCUT2D eigenvalue weighted by molar-refractivity contribution is 6.04. The summed E-state index contributed by atoms with van der Waals surface area (Å²) in [7, 11) is 0. The maximum absolute atomic E-state index is 13.5. The summed E-state index contributed by atoms with van der Waals surface area (Å²) in [5.74, 6) is -0.784. The van der Waals surface area contributed by atoms with Gasteiger partial charge in [0.1, 0.15) is 30.0 Å². The predicted octanol–water partition coefficient (Wildman–Crippen LogP) is 4.80. The normalized spacial score (nSPS) is 14.8. The molecule has 1 atom stereocenters. The Morgan fingerprint density at radius 1 is 0.956 bits per heavy atom. The number of ether oxygens (including phenoxy) is 2. The van der Waals surface area contributed by atoms with Gasteiger partial charge in [0.05, 0.1) is 39.1 Å². The third kappa shape index (κ3) is 6.82. The molecule has 3 N–H and O–H groups in total. The van der Waals surface area contributed by atoms with E-state index in [1.54, 1.807) is 36.7 Å². The van der Waals surface area contributed by atoms with Crippen LogP contribution in [0.4, 0.5) is 20.3 Å². The van der Waals surface area contributed by atoms with E-state index in [9.17, 15) is 18.4 Å². The molecule has 230 valence electrons. The van der Waals surface area contributed by atoms with Gasteiger partial charge in [-0.2, -0.15) is 5.10 Å². The van der Waals surface area contributed by atoms with Gasteiger partial charge in [0.25, 0.3) is 5.91 Å². The van der Waals surface area contributed by atoms with E-state index in [1.807, 2.05) is 16.9 Å². The van der Waals surface area contributed by atoms with Gasteiger partial charge in [0.15, 0.2) is 0 Å². The van der Waals surface area contributed by atoms with E-state index in [2.05, 4.69) is 15.4 Å². The second-order valence-electron chi connectivity index (χ2n) is 10.6. The Hall–Kier alpha value is -5.20. The maximum atomic E-state index is 13.5. The van der Waals surface area contributed by atoms with E-state index in [4.69, 9.17) is 15.2 Å². The minimum absolute atomic E-state index is 0.0529. The monoisotopic (exact) mass is 612 g/mol. The van der Waals surface area contributed by atoms with Gasteiger partial charge in [0.2, 0.25) is 5.43 Å². The van der Waals surface area contributed by atoms with Crippen LogP contribution in [0.2, 0.25) is 0 Å². The van der Waals surface area contributed by atoms with Crippen molar-refractivity contribution in [3.05, 3.63) is 107 Å². The van der Waals surface area contributed by atoms with E-state index in [0.29, 0.717) is 49.0 Å². The molecule has 12 heteroatoms. The van der Waals surface area contributed by atoms with Crippen LogP contribution in [0, 0.1) is 5.82 Å². The summed E-state index contributed by atoms with van der Waals surface area (Å²) in [4.78, 5) is 30.9. The maximum Gasteiger partial charge on any atom is 0.261 e. The van der Waals surface area contributed by atoms with Crippen LogP contribution in [0.3, 0.4) is 0 Å². The molecule has 1 amide bonds. The van der Waals surface area contributed by atoms with Crippen LogP contribution < -0.4 is 16.5 Å². The molecular formula is C33H30F2N6O4. The highest BCUT2D eigenvalue weighted by Crippen LogP contribution is 2.30. The molecule has 1 saturated heterocycles. The molecule has 1 fully saturated rings. The lowest BCUT2D eigenvalue weighted by Crippen LogP contribution is -2.32. The van der Waals surface area contributed by atoms with Crippen molar-refractivity contribution in [2.24, 2.45) is 0 Å². The average molecular weight is 613 g/mol. The molecule has 0 saturated carbocycles. The van der Waals surface area contributed by atoms with Gasteiger partial charge >= 0.3 is 0 Å². The summed E-state index contributed by atoms with van der Waals surface area (Å²) in [6.45, 7) is 1.52. The number of aryl methyl sites for hydroxylation is 1. The van der Waals surface area contributed by atoms with Crippen molar-refractivity contribution in [3.63, 3.8) is 0 Å². The zero-order valence-corrected chi connectivity index (χ0v) is 24.2. The molecule has 0 unspecified atom stereocenters. The van der Waals surface area contributed by atoms with E-state index < -0.39 is 23.8 Å². The van der Waals surface area contributed by atoms with Crippen LogP contribution in [0.15, 0.2) is 90.4 Å². The lowest BCUT2D eigenvalue weighted by atomic mass is 10.0. The fourth-order valence-electron chi connectivity index (χ4n) is 5.11. The number of nitrogen functional groups attached to an aromatic ring is 1. The van der Waals surface area contributed by atoms with Gasteiger partial charge < -0.3 is 25.1 Å². The zero-order chi connectivity index (χ0) is 31.3. The Bertz CT molecular complexity index is 1870. The standard InChI is InChI=1S/C33H30F2N6O4/c34-9-10-40-18-29(22-1-5-25(35)6-2-22)31(42)30(19-40)33(43)39-26-7-3-21(4-8-26)28-13-23(14-37-32(28)36)24-15-38-41(16-24)17-27-20-44-11-12-45-27/h1-8,13-16,18-19,27H,9-12,17,20H2,(H2,36,37)(H,39,43)/t27-/m0/s1. The molecule has 10 nitrogen and oxygen atoms in total. The third-order valence-corrected chi connectivity index (χ3v) is 7.44. The summed E-state index contributed by atoms with van der Waals surface area (Å²) >= 11 is 0. The second kappa shape index (κ2) is 13.2. The first-order valence-corrected chi connectivity index (χ1v) is 14.3. The molecule has 3 aromatic heterocycles. The minimum Gasteiger partial charge on any atom is -0.383 e. The number of carbonyl (C=O) groups excluding carboxylic acids is 1. The summed E-state index contributed by atoms with van der Waals surface area (Å²) in [5, 5.41) is 7.19. The number of hydrogen-bond donors (Lipinski definition) is 2. The first-order valence-electron chi connectivity index (χ1n) is 14.3. The van der Waals surface area contributed by atoms with E-state index in [1.165, 1.54) is 41.2 Å². The highest BCUT2D eigenvalue weighted by Gasteiger charge is 2.18. The van der Waals surface area contributed by atoms with Gasteiger partial charge in [-0.15, -0.1) is 0 Å². The van der Waals surface area contributed by atoms with E-state index in [0.717, 1.165) is 16.7 Å². The predicted molar refractivity (Wildman–Crippen MR) is 166 cm³/mol. The molecule has 6 rings (SSSR count). The van der Waals surface area contributed by atoms with Crippen molar-refractivity contribution in [3.8, 4) is 33.4 Å². The van der Waals surface area contributed by atoms with Crippen molar-refractivity contribution in [1.29, 1.82) is 0 Å². The number of rotatable bonds is 9. The van der Waals surface area contributed by atoms with Crippen LogP contribution >= 0.6 is 0 Å². The number of amides is 1. The van der Waals surface area contributed by atoms with Crippen LogP contribution in [0.5, 0.6) is 0 Å². The number of alkyl halides is 1. The summed E-state index contributed by atoms with van der Waals surface area (Å²) in [5.41, 5.74) is 9.69. The average Bonchev–Trinajstić information content (AvgIpc) is 3.52. The number of aromatic nitrogens is 4. The number of halogens is 2. The van der Waals surface area contributed by atoms with Gasteiger partial charge in [-0.05, 0) is 41.5 Å². The Kier molecular flexibility index (Phi) is 8.76. The SMILES string of the molecule is Nc1ncc(-c2cnn(C[C@H]3COCCO3)c2)cc1-c1ccc(NC(=O)c2cn(CCF)cc(-c3ccc(F)cc3)c2=O)cc1. The van der Waals surface area contributed by atoms with Crippen molar-refractivity contribution < 1.29 is 23.0 Å². The molecule has 5 aromatic rings. The number of carbonyl (C=O) groups is 1. The molecule has 1 aliphatic heterocycles. The Morgan fingerprint density at radius 3 is 2.44 bits per heavy atom. The molecule has 2 aromatic carbocycles. The summed E-state index contributed by atoms with van der Waals surface area (Å²) in [6.07, 6.45) is 8.07. The smallest absolute Gasteiger partial charge is 0.261 e. The number of nitrogens with zero attached hydrogens (tertiary/aromatic N) is 4. The Labute approximate surface area is 257 Å². The second-order valence-corrected chi connectivity index (χ2v) is 10.6. The van der Waals surface area contributed by atoms with E-state index in [-0.39, 0.29) is 23.8 Å². The van der Waals surface area contributed by atoms with Crippen molar-refractivity contribution in [1.82, 2.24) is 19.3 Å². The van der Waals surface area contributed by atoms with Gasteiger partial charge in [0, 0.05) is 52.7 Å². The molecule has 0 aliphatic carbocycles. The number of pyridine rings is 2. The minimum atomic E-state index is -0.694. The fourth-order valence-corrected chi connectivity index (χ4v) is 5.11. The number of anilines is 2. The molecule has 0 spiro atoms. The van der Waals surface area contributed by atoms with Gasteiger partial charge in [-0.25, -0.2) is 13.8 Å². The first-order chi connectivity index (χ1) is 21.9. The van der Waals surface area contributed by atoms with Gasteiger partial charge in [-0.1, -0.05) is 24.3 Å².